The fourth-order valence-corrected chi connectivity index (χ4v) is 3.03. The third kappa shape index (κ3) is 2.55. The summed E-state index contributed by atoms with van der Waals surface area (Å²) in [4.78, 5) is 37.7. The van der Waals surface area contributed by atoms with Crippen LogP contribution in [0.3, 0.4) is 0 Å². The van der Waals surface area contributed by atoms with Gasteiger partial charge < -0.3 is 0 Å². The monoisotopic (exact) mass is 276 g/mol. The van der Waals surface area contributed by atoms with Crippen molar-refractivity contribution in [2.24, 2.45) is 5.41 Å². The Kier molecular flexibility index (Phi) is 4.43. The molecule has 5 nitrogen and oxygen atoms in total. The molecular weight excluding hydrogens is 256 g/mol. The summed E-state index contributed by atoms with van der Waals surface area (Å²) in [5.74, 6) is 1.81. The largest absolute Gasteiger partial charge is 0.330 e. The molecule has 108 valence electrons. The summed E-state index contributed by atoms with van der Waals surface area (Å²) in [6.45, 7) is 0.335. The summed E-state index contributed by atoms with van der Waals surface area (Å²) in [5.41, 5.74) is -1.00. The first-order chi connectivity index (χ1) is 9.62. The molecule has 0 aromatic carbocycles. The highest BCUT2D eigenvalue weighted by Gasteiger charge is 2.53. The Bertz CT molecular complexity index is 458. The van der Waals surface area contributed by atoms with Gasteiger partial charge in [-0.25, -0.2) is 4.79 Å². The van der Waals surface area contributed by atoms with Crippen LogP contribution in [0.1, 0.15) is 51.4 Å². The molecule has 1 aliphatic carbocycles. The predicted molar refractivity (Wildman–Crippen MR) is 73.5 cm³/mol. The zero-order valence-corrected chi connectivity index (χ0v) is 11.6. The highest BCUT2D eigenvalue weighted by molar-refractivity contribution is 6.19. The number of nitrogens with one attached hydrogen (secondary N) is 1. The summed E-state index contributed by atoms with van der Waals surface area (Å²) < 4.78 is 0. The molecule has 2 fully saturated rings. The van der Waals surface area contributed by atoms with E-state index in [1.54, 1.807) is 0 Å². The third-order valence-corrected chi connectivity index (χ3v) is 4.21. The van der Waals surface area contributed by atoms with Crippen molar-refractivity contribution in [2.45, 2.75) is 51.4 Å². The molecular formula is C15H20N2O3. The molecule has 20 heavy (non-hydrogen) atoms. The van der Waals surface area contributed by atoms with Crippen molar-refractivity contribution in [1.29, 1.82) is 0 Å². The molecule has 1 saturated heterocycles. The Balaban J connectivity index is 2.08. The fourth-order valence-electron chi connectivity index (χ4n) is 3.03. The minimum absolute atomic E-state index is 0.313. The first-order valence-electron chi connectivity index (χ1n) is 7.23. The number of imide groups is 2. The summed E-state index contributed by atoms with van der Waals surface area (Å²) in [6, 6.07) is -0.586. The van der Waals surface area contributed by atoms with E-state index in [1.807, 2.05) is 0 Å². The second-order valence-corrected chi connectivity index (χ2v) is 5.52. The van der Waals surface area contributed by atoms with Crippen LogP contribution in [0.2, 0.25) is 0 Å². The Morgan fingerprint density at radius 2 is 1.85 bits per heavy atom. The van der Waals surface area contributed by atoms with Crippen LogP contribution in [0.4, 0.5) is 4.79 Å². The van der Waals surface area contributed by atoms with Gasteiger partial charge in [-0.15, -0.1) is 12.3 Å². The summed E-state index contributed by atoms with van der Waals surface area (Å²) >= 11 is 0. The van der Waals surface area contributed by atoms with E-state index in [1.165, 1.54) is 4.90 Å². The maximum atomic E-state index is 12.6. The van der Waals surface area contributed by atoms with Gasteiger partial charge in [0, 0.05) is 13.0 Å². The van der Waals surface area contributed by atoms with E-state index in [2.05, 4.69) is 11.2 Å². The number of terminal acetylenes is 1. The highest BCUT2D eigenvalue weighted by Crippen LogP contribution is 2.40. The van der Waals surface area contributed by atoms with Crippen molar-refractivity contribution in [3.05, 3.63) is 0 Å². The van der Waals surface area contributed by atoms with E-state index >= 15 is 0 Å². The van der Waals surface area contributed by atoms with Gasteiger partial charge in [0.2, 0.25) is 11.8 Å². The lowest BCUT2D eigenvalue weighted by molar-refractivity contribution is -0.153. The molecule has 0 aromatic rings. The SMILES string of the molecule is C#CCCCCN1C(=O)NC(=O)C2(CCCCC2)C1=O. The molecule has 0 aromatic heterocycles. The molecule has 4 amide bonds. The van der Waals surface area contributed by atoms with Crippen LogP contribution in [-0.4, -0.2) is 29.3 Å². The van der Waals surface area contributed by atoms with Gasteiger partial charge >= 0.3 is 6.03 Å². The van der Waals surface area contributed by atoms with Crippen molar-refractivity contribution in [3.8, 4) is 12.3 Å². The van der Waals surface area contributed by atoms with Crippen LogP contribution >= 0.6 is 0 Å². The normalized spacial score (nSPS) is 21.8. The Morgan fingerprint density at radius 3 is 2.50 bits per heavy atom. The average Bonchev–Trinajstić information content (AvgIpc) is 2.46. The zero-order valence-electron chi connectivity index (χ0n) is 11.6. The Labute approximate surface area is 119 Å². The van der Waals surface area contributed by atoms with Crippen molar-refractivity contribution in [2.75, 3.05) is 6.54 Å². The number of barbiturate groups is 1. The van der Waals surface area contributed by atoms with Crippen molar-refractivity contribution in [1.82, 2.24) is 10.2 Å². The number of carbonyl (C=O) groups is 3. The van der Waals surface area contributed by atoms with Crippen LogP contribution in [0.5, 0.6) is 0 Å². The van der Waals surface area contributed by atoms with E-state index in [4.69, 9.17) is 6.42 Å². The van der Waals surface area contributed by atoms with Gasteiger partial charge in [-0.3, -0.25) is 19.8 Å². The lowest BCUT2D eigenvalue weighted by atomic mass is 9.71. The van der Waals surface area contributed by atoms with Gasteiger partial charge in [-0.05, 0) is 25.7 Å². The fraction of sp³-hybridized carbons (Fsp3) is 0.667. The number of urea groups is 1. The van der Waals surface area contributed by atoms with E-state index in [0.717, 1.165) is 25.7 Å². The molecule has 1 heterocycles. The number of hydrogen-bond acceptors (Lipinski definition) is 3. The van der Waals surface area contributed by atoms with Crippen LogP contribution in [0, 0.1) is 17.8 Å². The third-order valence-electron chi connectivity index (χ3n) is 4.21. The molecule has 1 saturated carbocycles. The van der Waals surface area contributed by atoms with Gasteiger partial charge in [0.25, 0.3) is 0 Å². The van der Waals surface area contributed by atoms with Gasteiger partial charge in [-0.1, -0.05) is 19.3 Å². The smallest absolute Gasteiger partial charge is 0.277 e. The Morgan fingerprint density at radius 1 is 1.15 bits per heavy atom. The van der Waals surface area contributed by atoms with E-state index in [0.29, 0.717) is 32.2 Å². The van der Waals surface area contributed by atoms with E-state index < -0.39 is 17.4 Å². The van der Waals surface area contributed by atoms with Gasteiger partial charge in [0.1, 0.15) is 5.41 Å². The van der Waals surface area contributed by atoms with E-state index in [-0.39, 0.29) is 5.91 Å². The number of nitrogens with zero attached hydrogens (tertiary/aromatic N) is 1. The average molecular weight is 276 g/mol. The second kappa shape index (κ2) is 6.08. The standard InChI is InChI=1S/C15H20N2O3/c1-2-3-4-8-11-17-13(19)15(9-6-5-7-10-15)12(18)16-14(17)20/h1H,3-11H2,(H,16,18,20). The molecule has 1 N–H and O–H groups in total. The van der Waals surface area contributed by atoms with Crippen molar-refractivity contribution < 1.29 is 14.4 Å². The van der Waals surface area contributed by atoms with Gasteiger partial charge in [0.15, 0.2) is 0 Å². The number of amides is 4. The van der Waals surface area contributed by atoms with Crippen LogP contribution in [-0.2, 0) is 9.59 Å². The maximum absolute atomic E-state index is 12.6. The molecule has 0 bridgehead atoms. The molecule has 1 spiro atoms. The second-order valence-electron chi connectivity index (χ2n) is 5.52. The van der Waals surface area contributed by atoms with Crippen LogP contribution < -0.4 is 5.32 Å². The number of hydrogen-bond donors (Lipinski definition) is 1. The molecule has 5 heteroatoms. The Hall–Kier alpha value is -1.83. The highest BCUT2D eigenvalue weighted by atomic mass is 16.2. The van der Waals surface area contributed by atoms with Crippen molar-refractivity contribution >= 4 is 17.8 Å². The number of unbranched alkanes of at least 4 members (excludes halogenated alkanes) is 2. The van der Waals surface area contributed by atoms with E-state index in [9.17, 15) is 14.4 Å². The molecule has 2 aliphatic rings. The number of carbonyl (C=O) groups excluding carboxylic acids is 3. The molecule has 0 atom stereocenters. The summed E-state index contributed by atoms with van der Waals surface area (Å²) in [7, 11) is 0. The maximum Gasteiger partial charge on any atom is 0.330 e. The summed E-state index contributed by atoms with van der Waals surface area (Å²) in [6.07, 6.45) is 11.1. The summed E-state index contributed by atoms with van der Waals surface area (Å²) in [5, 5.41) is 2.35. The molecule has 0 unspecified atom stereocenters. The quantitative estimate of drug-likeness (QED) is 0.484. The van der Waals surface area contributed by atoms with Gasteiger partial charge in [-0.2, -0.15) is 0 Å². The number of rotatable bonds is 4. The first-order valence-corrected chi connectivity index (χ1v) is 7.23. The lowest BCUT2D eigenvalue weighted by Crippen LogP contribution is -2.64. The topological polar surface area (TPSA) is 66.5 Å². The predicted octanol–water partition coefficient (Wildman–Crippen LogP) is 1.82. The first kappa shape index (κ1) is 14.6. The minimum Gasteiger partial charge on any atom is -0.277 e. The minimum atomic E-state index is -1.00. The van der Waals surface area contributed by atoms with Crippen LogP contribution in [0.15, 0.2) is 0 Å². The van der Waals surface area contributed by atoms with Crippen molar-refractivity contribution in [3.63, 3.8) is 0 Å². The molecule has 1 aliphatic heterocycles. The van der Waals surface area contributed by atoms with Crippen LogP contribution in [0.25, 0.3) is 0 Å². The molecule has 2 rings (SSSR count). The molecule has 0 radical (unpaired) electrons. The zero-order chi connectivity index (χ0) is 14.6. The lowest BCUT2D eigenvalue weighted by Gasteiger charge is -2.41. The van der Waals surface area contributed by atoms with Gasteiger partial charge in [0.05, 0.1) is 0 Å².